The Morgan fingerprint density at radius 2 is 1.78 bits per heavy atom. The number of carbonyl (C=O) groups is 3. The molecule has 1 unspecified atom stereocenters. The molecule has 1 heterocycles. The van der Waals surface area contributed by atoms with Crippen LogP contribution in [0.2, 0.25) is 5.02 Å². The molecule has 2 amide bonds. The molecule has 0 N–H and O–H groups in total. The van der Waals surface area contributed by atoms with E-state index in [0.717, 1.165) is 10.5 Å². The van der Waals surface area contributed by atoms with Gasteiger partial charge in [-0.25, -0.2) is 4.79 Å². The molecule has 140 valence electrons. The molecule has 0 radical (unpaired) electrons. The van der Waals surface area contributed by atoms with Crippen molar-refractivity contribution in [1.82, 2.24) is 4.90 Å². The SMILES string of the molecule is Cc1ccc2c(c1)C(=O)N(C(C)C(=O)OCCOc1ccccc1Cl)C2=O. The van der Waals surface area contributed by atoms with E-state index in [-0.39, 0.29) is 13.2 Å². The standard InChI is InChI=1S/C20H18ClNO5/c1-12-7-8-14-15(11-12)19(24)22(18(14)23)13(2)20(25)27-10-9-26-17-6-4-3-5-16(17)21/h3-8,11,13H,9-10H2,1-2H3. The molecule has 27 heavy (non-hydrogen) atoms. The highest BCUT2D eigenvalue weighted by molar-refractivity contribution is 6.32. The topological polar surface area (TPSA) is 72.9 Å². The molecule has 0 spiro atoms. The number of esters is 1. The van der Waals surface area contributed by atoms with E-state index in [0.29, 0.717) is 21.9 Å². The Hall–Kier alpha value is -2.86. The largest absolute Gasteiger partial charge is 0.488 e. The minimum absolute atomic E-state index is 0.0311. The zero-order valence-electron chi connectivity index (χ0n) is 14.9. The number of benzene rings is 2. The van der Waals surface area contributed by atoms with Crippen LogP contribution in [0, 0.1) is 6.92 Å². The quantitative estimate of drug-likeness (QED) is 0.432. The number of rotatable bonds is 6. The first-order chi connectivity index (χ1) is 12.9. The fourth-order valence-electron chi connectivity index (χ4n) is 2.81. The highest BCUT2D eigenvalue weighted by Crippen LogP contribution is 2.26. The van der Waals surface area contributed by atoms with E-state index >= 15 is 0 Å². The van der Waals surface area contributed by atoms with E-state index in [1.807, 2.05) is 6.92 Å². The van der Waals surface area contributed by atoms with Crippen LogP contribution in [0.15, 0.2) is 42.5 Å². The first kappa shape index (κ1) is 18.9. The number of fused-ring (bicyclic) bond motifs is 1. The van der Waals surface area contributed by atoms with Gasteiger partial charge in [-0.2, -0.15) is 0 Å². The fraction of sp³-hybridized carbons (Fsp3) is 0.250. The summed E-state index contributed by atoms with van der Waals surface area (Å²) in [5.41, 5.74) is 1.47. The summed E-state index contributed by atoms with van der Waals surface area (Å²) in [7, 11) is 0. The van der Waals surface area contributed by atoms with Crippen LogP contribution in [0.1, 0.15) is 33.2 Å². The van der Waals surface area contributed by atoms with E-state index in [1.165, 1.54) is 6.92 Å². The number of amides is 2. The zero-order valence-corrected chi connectivity index (χ0v) is 15.7. The van der Waals surface area contributed by atoms with Crippen LogP contribution in [-0.4, -0.2) is 41.9 Å². The van der Waals surface area contributed by atoms with E-state index in [9.17, 15) is 14.4 Å². The van der Waals surface area contributed by atoms with Gasteiger partial charge in [0.25, 0.3) is 11.8 Å². The third kappa shape index (κ3) is 3.80. The molecular weight excluding hydrogens is 370 g/mol. The molecule has 0 aromatic heterocycles. The monoisotopic (exact) mass is 387 g/mol. The second-order valence-electron chi connectivity index (χ2n) is 6.15. The highest BCUT2D eigenvalue weighted by Gasteiger charge is 2.41. The van der Waals surface area contributed by atoms with E-state index in [1.54, 1.807) is 42.5 Å². The summed E-state index contributed by atoms with van der Waals surface area (Å²) < 4.78 is 10.6. The number of hydrogen-bond donors (Lipinski definition) is 0. The second-order valence-corrected chi connectivity index (χ2v) is 6.56. The minimum atomic E-state index is -1.03. The van der Waals surface area contributed by atoms with Crippen LogP contribution in [0.5, 0.6) is 5.75 Å². The molecule has 1 aliphatic rings. The smallest absolute Gasteiger partial charge is 0.329 e. The average Bonchev–Trinajstić information content (AvgIpc) is 2.89. The van der Waals surface area contributed by atoms with Gasteiger partial charge in [-0.1, -0.05) is 35.4 Å². The van der Waals surface area contributed by atoms with Gasteiger partial charge in [-0.3, -0.25) is 14.5 Å². The van der Waals surface area contributed by atoms with E-state index in [2.05, 4.69) is 0 Å². The second kappa shape index (κ2) is 7.80. The third-order valence-corrected chi connectivity index (χ3v) is 4.54. The molecule has 6 nitrogen and oxygen atoms in total. The van der Waals surface area contributed by atoms with Crippen molar-refractivity contribution in [2.24, 2.45) is 0 Å². The predicted octanol–water partition coefficient (Wildman–Crippen LogP) is 3.26. The molecule has 3 rings (SSSR count). The summed E-state index contributed by atoms with van der Waals surface area (Å²) in [5.74, 6) is -1.18. The first-order valence-corrected chi connectivity index (χ1v) is 8.80. The maximum atomic E-state index is 12.5. The predicted molar refractivity (Wildman–Crippen MR) is 99.0 cm³/mol. The van der Waals surface area contributed by atoms with Crippen molar-refractivity contribution in [1.29, 1.82) is 0 Å². The normalized spacial score (nSPS) is 14.1. The fourth-order valence-corrected chi connectivity index (χ4v) is 3.00. The van der Waals surface area contributed by atoms with Gasteiger partial charge in [-0.05, 0) is 38.1 Å². The van der Waals surface area contributed by atoms with Crippen molar-refractivity contribution in [2.45, 2.75) is 19.9 Å². The third-order valence-electron chi connectivity index (χ3n) is 4.22. The van der Waals surface area contributed by atoms with Crippen LogP contribution in [0.3, 0.4) is 0 Å². The van der Waals surface area contributed by atoms with Gasteiger partial charge in [0.15, 0.2) is 0 Å². The number of aryl methyl sites for hydroxylation is 1. The summed E-state index contributed by atoms with van der Waals surface area (Å²) in [4.78, 5) is 38.2. The number of halogens is 1. The van der Waals surface area contributed by atoms with E-state index in [4.69, 9.17) is 21.1 Å². The van der Waals surface area contributed by atoms with Crippen LogP contribution in [0.25, 0.3) is 0 Å². The van der Waals surface area contributed by atoms with Crippen molar-refractivity contribution in [3.05, 3.63) is 64.2 Å². The van der Waals surface area contributed by atoms with Crippen LogP contribution in [0.4, 0.5) is 0 Å². The summed E-state index contributed by atoms with van der Waals surface area (Å²) in [6, 6.07) is 10.9. The lowest BCUT2D eigenvalue weighted by Crippen LogP contribution is -2.44. The van der Waals surface area contributed by atoms with Crippen LogP contribution >= 0.6 is 11.6 Å². The first-order valence-electron chi connectivity index (χ1n) is 8.42. The van der Waals surface area contributed by atoms with Gasteiger partial charge in [0.2, 0.25) is 0 Å². The van der Waals surface area contributed by atoms with Gasteiger partial charge >= 0.3 is 5.97 Å². The molecule has 0 bridgehead atoms. The number of para-hydroxylation sites is 1. The molecule has 2 aromatic rings. The number of carbonyl (C=O) groups excluding carboxylic acids is 3. The van der Waals surface area contributed by atoms with Crippen LogP contribution < -0.4 is 4.74 Å². The molecule has 0 saturated carbocycles. The lowest BCUT2D eigenvalue weighted by molar-refractivity contribution is -0.148. The van der Waals surface area contributed by atoms with Crippen molar-refractivity contribution in [3.63, 3.8) is 0 Å². The van der Waals surface area contributed by atoms with Crippen molar-refractivity contribution in [3.8, 4) is 5.75 Å². The molecule has 2 aromatic carbocycles. The Morgan fingerprint density at radius 3 is 2.52 bits per heavy atom. The number of hydrogen-bond acceptors (Lipinski definition) is 5. The highest BCUT2D eigenvalue weighted by atomic mass is 35.5. The summed E-state index contributed by atoms with van der Waals surface area (Å²) in [5, 5.41) is 0.457. The molecule has 0 fully saturated rings. The van der Waals surface area contributed by atoms with E-state index < -0.39 is 23.8 Å². The van der Waals surface area contributed by atoms with Crippen molar-refractivity contribution >= 4 is 29.4 Å². The van der Waals surface area contributed by atoms with Crippen molar-refractivity contribution in [2.75, 3.05) is 13.2 Å². The number of nitrogens with zero attached hydrogens (tertiary/aromatic N) is 1. The number of ether oxygens (including phenoxy) is 2. The minimum Gasteiger partial charge on any atom is -0.488 e. The molecule has 0 saturated heterocycles. The Balaban J connectivity index is 1.57. The zero-order chi connectivity index (χ0) is 19.6. The number of imide groups is 1. The van der Waals surface area contributed by atoms with Gasteiger partial charge in [0.05, 0.1) is 16.1 Å². The Morgan fingerprint density at radius 1 is 1.07 bits per heavy atom. The molecule has 0 aliphatic carbocycles. The Labute approximate surface area is 161 Å². The lowest BCUT2D eigenvalue weighted by Gasteiger charge is -2.21. The van der Waals surface area contributed by atoms with Gasteiger partial charge in [0.1, 0.15) is 25.0 Å². The van der Waals surface area contributed by atoms with Crippen LogP contribution in [-0.2, 0) is 9.53 Å². The van der Waals surface area contributed by atoms with Gasteiger partial charge in [-0.15, -0.1) is 0 Å². The molecule has 7 heteroatoms. The summed E-state index contributed by atoms with van der Waals surface area (Å²) >= 11 is 5.98. The maximum Gasteiger partial charge on any atom is 0.329 e. The van der Waals surface area contributed by atoms with Gasteiger partial charge < -0.3 is 9.47 Å². The summed E-state index contributed by atoms with van der Waals surface area (Å²) in [6.45, 7) is 3.36. The maximum absolute atomic E-state index is 12.5. The summed E-state index contributed by atoms with van der Waals surface area (Å²) in [6.07, 6.45) is 0. The molecule has 1 aliphatic heterocycles. The van der Waals surface area contributed by atoms with Gasteiger partial charge in [0, 0.05) is 0 Å². The molecular formula is C20H18ClNO5. The Kier molecular flexibility index (Phi) is 5.46. The molecule has 1 atom stereocenters. The average molecular weight is 388 g/mol. The lowest BCUT2D eigenvalue weighted by atomic mass is 10.1. The van der Waals surface area contributed by atoms with Crippen molar-refractivity contribution < 1.29 is 23.9 Å². The Bertz CT molecular complexity index is 911.